The molecule has 0 fully saturated rings. The molecule has 0 heterocycles. The van der Waals surface area contributed by atoms with Gasteiger partial charge in [0.05, 0.1) is 0 Å². The van der Waals surface area contributed by atoms with Gasteiger partial charge in [0.2, 0.25) is 0 Å². The van der Waals surface area contributed by atoms with Crippen molar-refractivity contribution in [2.75, 3.05) is 0 Å². The highest BCUT2D eigenvalue weighted by Gasteiger charge is 2.34. The first-order valence-electron chi connectivity index (χ1n) is 5.40. The van der Waals surface area contributed by atoms with Gasteiger partial charge in [0.25, 0.3) is 0 Å². The summed E-state index contributed by atoms with van der Waals surface area (Å²) in [7, 11) is 2.37. The van der Waals surface area contributed by atoms with Gasteiger partial charge in [-0.2, -0.15) is 0 Å². The third-order valence-corrected chi connectivity index (χ3v) is 3.26. The molecule has 2 unspecified atom stereocenters. The minimum Gasteiger partial charge on any atom is -0.0917 e. The van der Waals surface area contributed by atoms with Crippen LogP contribution in [0.3, 0.4) is 0 Å². The Labute approximate surface area is 85.7 Å². The van der Waals surface area contributed by atoms with Crippen LogP contribution in [-0.2, 0) is 0 Å². The molecule has 1 heteroatoms. The van der Waals surface area contributed by atoms with Gasteiger partial charge in [-0.05, 0) is 16.7 Å². The van der Waals surface area contributed by atoms with Gasteiger partial charge in [-0.15, -0.1) is 0 Å². The predicted molar refractivity (Wildman–Crippen MR) is 63.4 cm³/mol. The van der Waals surface area contributed by atoms with Crippen molar-refractivity contribution in [3.8, 4) is 0 Å². The molecule has 0 aliphatic heterocycles. The summed E-state index contributed by atoms with van der Waals surface area (Å²) >= 11 is 0. The molecule has 0 amide bonds. The summed E-state index contributed by atoms with van der Waals surface area (Å²) < 4.78 is 0. The Hall–Kier alpha value is 0.0649. The number of hydrogen-bond acceptors (Lipinski definition) is 0. The highest BCUT2D eigenvalue weighted by molar-refractivity contribution is 6.36. The molecule has 0 aliphatic rings. The van der Waals surface area contributed by atoms with E-state index in [2.05, 4.69) is 62.6 Å². The predicted octanol–water partition coefficient (Wildman–Crippen LogP) is 4.26. The van der Waals surface area contributed by atoms with Crippen molar-refractivity contribution in [3.05, 3.63) is 0 Å². The largest absolute Gasteiger partial charge is 0.111 e. The van der Waals surface area contributed by atoms with E-state index in [9.17, 15) is 0 Å². The lowest BCUT2D eigenvalue weighted by atomic mass is 9.48. The zero-order valence-electron chi connectivity index (χ0n) is 10.7. The van der Waals surface area contributed by atoms with E-state index in [0.29, 0.717) is 16.6 Å². The Morgan fingerprint density at radius 3 is 1.31 bits per heavy atom. The summed E-state index contributed by atoms with van der Waals surface area (Å²) in [5, 5.41) is 0. The minimum atomic E-state index is 0.390. The highest BCUT2D eigenvalue weighted by Crippen LogP contribution is 2.44. The lowest BCUT2D eigenvalue weighted by Gasteiger charge is -2.41. The molecule has 0 saturated heterocycles. The third-order valence-electron chi connectivity index (χ3n) is 3.26. The molecule has 0 aromatic heterocycles. The molecule has 0 bridgehead atoms. The molecule has 0 nitrogen and oxygen atoms in total. The smallest absolute Gasteiger partial charge is 0.0917 e. The van der Waals surface area contributed by atoms with E-state index >= 15 is 0 Å². The second-order valence-electron chi connectivity index (χ2n) is 6.38. The first-order valence-corrected chi connectivity index (χ1v) is 5.40. The maximum absolute atomic E-state index is 2.37. The van der Waals surface area contributed by atoms with Crippen LogP contribution in [0.1, 0.15) is 48.5 Å². The third kappa shape index (κ3) is 3.75. The minimum absolute atomic E-state index is 0.390. The summed E-state index contributed by atoms with van der Waals surface area (Å²) in [5.41, 5.74) is 0.798. The van der Waals surface area contributed by atoms with Crippen LogP contribution in [0.4, 0.5) is 0 Å². The van der Waals surface area contributed by atoms with Crippen LogP contribution in [0, 0.1) is 16.7 Å². The van der Waals surface area contributed by atoms with Gasteiger partial charge in [-0.1, -0.05) is 61.1 Å². The van der Waals surface area contributed by atoms with Gasteiger partial charge in [0.15, 0.2) is 0 Å². The van der Waals surface area contributed by atoms with Crippen molar-refractivity contribution < 1.29 is 0 Å². The molecule has 77 valence electrons. The quantitative estimate of drug-likeness (QED) is 0.558. The molecular weight excluding hydrogens is 155 g/mol. The highest BCUT2D eigenvalue weighted by atomic mass is 14.4. The van der Waals surface area contributed by atoms with E-state index in [4.69, 9.17) is 0 Å². The van der Waals surface area contributed by atoms with E-state index in [1.807, 2.05) is 0 Å². The Morgan fingerprint density at radius 1 is 0.846 bits per heavy atom. The Balaban J connectivity index is 4.61. The second kappa shape index (κ2) is 4.06. The first kappa shape index (κ1) is 13.1. The van der Waals surface area contributed by atoms with E-state index in [1.165, 1.54) is 0 Å². The maximum atomic E-state index is 2.37. The van der Waals surface area contributed by atoms with E-state index in [-0.39, 0.29) is 0 Å². The molecular formula is C12H26B. The van der Waals surface area contributed by atoms with Gasteiger partial charge in [0.1, 0.15) is 7.28 Å². The van der Waals surface area contributed by atoms with E-state index in [0.717, 1.165) is 5.92 Å². The average Bonchev–Trinajstić information content (AvgIpc) is 1.83. The van der Waals surface area contributed by atoms with Crippen LogP contribution < -0.4 is 0 Å². The molecule has 2 atom stereocenters. The molecule has 0 N–H and O–H groups in total. The van der Waals surface area contributed by atoms with Gasteiger partial charge >= 0.3 is 0 Å². The van der Waals surface area contributed by atoms with Crippen LogP contribution in [0.5, 0.6) is 0 Å². The summed E-state index contributed by atoms with van der Waals surface area (Å²) in [5.74, 6) is 1.44. The topological polar surface area (TPSA) is 0 Å². The number of hydrogen-bond donors (Lipinski definition) is 0. The monoisotopic (exact) mass is 181 g/mol. The van der Waals surface area contributed by atoms with Gasteiger partial charge < -0.3 is 0 Å². The normalized spacial score (nSPS) is 18.2. The van der Waals surface area contributed by atoms with Crippen molar-refractivity contribution in [2.45, 2.75) is 61.1 Å². The van der Waals surface area contributed by atoms with Gasteiger partial charge in [-0.3, -0.25) is 0 Å². The second-order valence-corrected chi connectivity index (χ2v) is 6.38. The average molecular weight is 181 g/mol. The summed E-state index contributed by atoms with van der Waals surface area (Å²) in [6.07, 6.45) is 0. The van der Waals surface area contributed by atoms with Gasteiger partial charge in [0, 0.05) is 0 Å². The summed E-state index contributed by atoms with van der Waals surface area (Å²) in [4.78, 5) is 0. The Morgan fingerprint density at radius 2 is 1.23 bits per heavy atom. The number of rotatable bonds is 2. The standard InChI is InChI=1S/C12H26B/c1-9(11(2,3)4)10(13-8)12(5,6)7/h9-10H,1-8H3. The molecule has 0 saturated carbocycles. The van der Waals surface area contributed by atoms with Gasteiger partial charge in [-0.25, -0.2) is 0 Å². The zero-order valence-corrected chi connectivity index (χ0v) is 10.7. The zero-order chi connectivity index (χ0) is 10.9. The Kier molecular flexibility index (Phi) is 4.08. The van der Waals surface area contributed by atoms with Crippen LogP contribution >= 0.6 is 0 Å². The fourth-order valence-corrected chi connectivity index (χ4v) is 2.08. The van der Waals surface area contributed by atoms with E-state index < -0.39 is 0 Å². The first-order chi connectivity index (χ1) is 5.60. The van der Waals surface area contributed by atoms with Crippen molar-refractivity contribution in [3.63, 3.8) is 0 Å². The molecule has 0 aromatic carbocycles. The van der Waals surface area contributed by atoms with Crippen LogP contribution in [0.15, 0.2) is 0 Å². The molecule has 0 aromatic rings. The fourth-order valence-electron chi connectivity index (χ4n) is 2.08. The van der Waals surface area contributed by atoms with Crippen LogP contribution in [0.2, 0.25) is 12.6 Å². The van der Waals surface area contributed by atoms with Crippen molar-refractivity contribution >= 4 is 7.28 Å². The summed E-state index contributed by atoms with van der Waals surface area (Å²) in [6.45, 7) is 18.6. The van der Waals surface area contributed by atoms with Crippen LogP contribution in [0.25, 0.3) is 0 Å². The molecule has 0 aliphatic carbocycles. The fraction of sp³-hybridized carbons (Fsp3) is 1.00. The molecule has 0 spiro atoms. The van der Waals surface area contributed by atoms with Crippen molar-refractivity contribution in [2.24, 2.45) is 16.7 Å². The van der Waals surface area contributed by atoms with Crippen molar-refractivity contribution in [1.29, 1.82) is 0 Å². The SMILES string of the molecule is C[B]C(C(C)C(C)(C)C)C(C)(C)C. The maximum Gasteiger partial charge on any atom is 0.111 e. The molecule has 13 heavy (non-hydrogen) atoms. The lowest BCUT2D eigenvalue weighted by molar-refractivity contribution is 0.182. The van der Waals surface area contributed by atoms with Crippen LogP contribution in [-0.4, -0.2) is 7.28 Å². The molecule has 1 radical (unpaired) electrons. The molecule has 0 rings (SSSR count). The lowest BCUT2D eigenvalue weighted by Crippen LogP contribution is -2.32. The Bertz CT molecular complexity index is 147. The van der Waals surface area contributed by atoms with E-state index in [1.54, 1.807) is 0 Å². The van der Waals surface area contributed by atoms with Crippen molar-refractivity contribution in [1.82, 2.24) is 0 Å². The summed E-state index contributed by atoms with van der Waals surface area (Å²) in [6, 6.07) is 0.